The summed E-state index contributed by atoms with van der Waals surface area (Å²) in [6.07, 6.45) is 2.65. The van der Waals surface area contributed by atoms with Gasteiger partial charge in [-0.05, 0) is 0 Å². The molecule has 0 saturated heterocycles. The zero-order valence-electron chi connectivity index (χ0n) is 5.52. The maximum absolute atomic E-state index is 10.4. The second-order valence-corrected chi connectivity index (χ2v) is 1.49. The maximum atomic E-state index is 10.4. The molecule has 0 radical (unpaired) electrons. The minimum absolute atomic E-state index is 0.644. The standard InChI is InChI=1S/C5H7N3O3/c6-4(9)1-2-7-5(10)3-8-11/h1-3,11H,(H2,6,9)(H,7,10)/b2-1-,8-3-. The third-order valence-corrected chi connectivity index (χ3v) is 0.648. The molecule has 0 heterocycles. The summed E-state index contributed by atoms with van der Waals surface area (Å²) >= 11 is 0. The van der Waals surface area contributed by atoms with E-state index in [9.17, 15) is 9.59 Å². The molecule has 0 rings (SSSR count). The van der Waals surface area contributed by atoms with Gasteiger partial charge in [0.05, 0.1) is 0 Å². The average molecular weight is 157 g/mol. The van der Waals surface area contributed by atoms with Gasteiger partial charge in [0.25, 0.3) is 5.91 Å². The zero-order valence-corrected chi connectivity index (χ0v) is 5.52. The largest absolute Gasteiger partial charge is 0.411 e. The van der Waals surface area contributed by atoms with Crippen LogP contribution in [0.1, 0.15) is 0 Å². The quantitative estimate of drug-likeness (QED) is 0.202. The second-order valence-electron chi connectivity index (χ2n) is 1.49. The normalized spacial score (nSPS) is 10.5. The van der Waals surface area contributed by atoms with Gasteiger partial charge in [-0.25, -0.2) is 0 Å². The minimum Gasteiger partial charge on any atom is -0.411 e. The highest BCUT2D eigenvalue weighted by molar-refractivity contribution is 6.26. The number of oxime groups is 1. The van der Waals surface area contributed by atoms with Crippen molar-refractivity contribution in [1.29, 1.82) is 0 Å². The zero-order chi connectivity index (χ0) is 8.69. The van der Waals surface area contributed by atoms with Crippen LogP contribution in [0.3, 0.4) is 0 Å². The van der Waals surface area contributed by atoms with E-state index >= 15 is 0 Å². The molecular formula is C5H7N3O3. The molecule has 0 spiro atoms. The van der Waals surface area contributed by atoms with Crippen LogP contribution in [0, 0.1) is 0 Å². The van der Waals surface area contributed by atoms with Gasteiger partial charge in [-0.1, -0.05) is 5.16 Å². The van der Waals surface area contributed by atoms with Gasteiger partial charge in [0, 0.05) is 12.3 Å². The van der Waals surface area contributed by atoms with Crippen molar-refractivity contribution in [3.63, 3.8) is 0 Å². The molecule has 0 bridgehead atoms. The Hall–Kier alpha value is -1.85. The second kappa shape index (κ2) is 4.98. The number of hydrogen-bond acceptors (Lipinski definition) is 4. The molecule has 0 aromatic carbocycles. The topological polar surface area (TPSA) is 105 Å². The van der Waals surface area contributed by atoms with E-state index in [0.717, 1.165) is 12.3 Å². The molecule has 6 heteroatoms. The molecule has 0 unspecified atom stereocenters. The summed E-state index contributed by atoms with van der Waals surface area (Å²) in [5.74, 6) is -1.32. The van der Waals surface area contributed by atoms with Crippen molar-refractivity contribution in [1.82, 2.24) is 5.32 Å². The first-order valence-electron chi connectivity index (χ1n) is 2.60. The van der Waals surface area contributed by atoms with Crippen molar-refractivity contribution < 1.29 is 14.8 Å². The predicted molar refractivity (Wildman–Crippen MR) is 36.8 cm³/mol. The number of nitrogens with two attached hydrogens (primary N) is 1. The van der Waals surface area contributed by atoms with Crippen LogP contribution in [0.15, 0.2) is 17.4 Å². The van der Waals surface area contributed by atoms with Crippen LogP contribution < -0.4 is 11.1 Å². The molecule has 60 valence electrons. The Balaban J connectivity index is 3.70. The fourth-order valence-electron chi connectivity index (χ4n) is 0.296. The Bertz CT molecular complexity index is 209. The summed E-state index contributed by atoms with van der Waals surface area (Å²) in [4.78, 5) is 20.4. The summed E-state index contributed by atoms with van der Waals surface area (Å²) in [5, 5.41) is 12.4. The van der Waals surface area contributed by atoms with Crippen LogP contribution in [0.2, 0.25) is 0 Å². The van der Waals surface area contributed by atoms with Crippen LogP contribution in [-0.4, -0.2) is 23.2 Å². The van der Waals surface area contributed by atoms with Crippen LogP contribution in [-0.2, 0) is 9.59 Å². The van der Waals surface area contributed by atoms with Crippen LogP contribution in [0.4, 0.5) is 0 Å². The molecule has 0 aliphatic rings. The summed E-state index contributed by atoms with van der Waals surface area (Å²) in [6.45, 7) is 0. The lowest BCUT2D eigenvalue weighted by atomic mass is 10.5. The number of nitrogens with one attached hydrogen (secondary N) is 1. The van der Waals surface area contributed by atoms with Crippen LogP contribution >= 0.6 is 0 Å². The van der Waals surface area contributed by atoms with Crippen molar-refractivity contribution >= 4 is 18.0 Å². The first kappa shape index (κ1) is 9.15. The lowest BCUT2D eigenvalue weighted by Crippen LogP contribution is -2.19. The predicted octanol–water partition coefficient (Wildman–Crippen LogP) is -1.44. The number of carbonyl (C=O) groups excluding carboxylic acids is 2. The van der Waals surface area contributed by atoms with E-state index in [-0.39, 0.29) is 0 Å². The van der Waals surface area contributed by atoms with Gasteiger partial charge < -0.3 is 16.3 Å². The maximum Gasteiger partial charge on any atom is 0.269 e. The van der Waals surface area contributed by atoms with Crippen molar-refractivity contribution in [2.24, 2.45) is 10.9 Å². The number of rotatable bonds is 3. The van der Waals surface area contributed by atoms with E-state index in [4.69, 9.17) is 10.9 Å². The molecule has 2 amide bonds. The van der Waals surface area contributed by atoms with E-state index in [2.05, 4.69) is 10.5 Å². The van der Waals surface area contributed by atoms with E-state index in [1.165, 1.54) is 0 Å². The minimum atomic E-state index is -0.675. The molecule has 6 nitrogen and oxygen atoms in total. The van der Waals surface area contributed by atoms with Gasteiger partial charge in [0.1, 0.15) is 6.21 Å². The Morgan fingerprint density at radius 2 is 2.18 bits per heavy atom. The van der Waals surface area contributed by atoms with Gasteiger partial charge in [-0.2, -0.15) is 0 Å². The van der Waals surface area contributed by atoms with Gasteiger partial charge in [0.15, 0.2) is 0 Å². The fourth-order valence-corrected chi connectivity index (χ4v) is 0.296. The monoisotopic (exact) mass is 157 g/mol. The first-order chi connectivity index (χ1) is 5.16. The molecular weight excluding hydrogens is 150 g/mol. The SMILES string of the molecule is NC(=O)/C=C\NC(=O)/C=N\O. The third-order valence-electron chi connectivity index (χ3n) is 0.648. The van der Waals surface area contributed by atoms with Crippen LogP contribution in [0.5, 0.6) is 0 Å². The van der Waals surface area contributed by atoms with Crippen molar-refractivity contribution in [2.45, 2.75) is 0 Å². The number of carbonyl (C=O) groups is 2. The number of amides is 2. The highest BCUT2D eigenvalue weighted by atomic mass is 16.4. The Morgan fingerprint density at radius 3 is 2.64 bits per heavy atom. The number of nitrogens with zero attached hydrogens (tertiary/aromatic N) is 1. The van der Waals surface area contributed by atoms with E-state index in [0.29, 0.717) is 6.21 Å². The highest BCUT2D eigenvalue weighted by Crippen LogP contribution is 1.65. The number of primary amides is 1. The molecule has 4 N–H and O–H groups in total. The summed E-state index contributed by atoms with van der Waals surface area (Å²) in [7, 11) is 0. The lowest BCUT2D eigenvalue weighted by Gasteiger charge is -1.88. The van der Waals surface area contributed by atoms with Crippen molar-refractivity contribution in [3.8, 4) is 0 Å². The average Bonchev–Trinajstić information content (AvgIpc) is 1.87. The van der Waals surface area contributed by atoms with E-state index in [1.807, 2.05) is 0 Å². The van der Waals surface area contributed by atoms with E-state index < -0.39 is 11.8 Å². The molecule has 0 atom stereocenters. The lowest BCUT2D eigenvalue weighted by molar-refractivity contribution is -0.113. The van der Waals surface area contributed by atoms with Gasteiger partial charge in [-0.3, -0.25) is 9.59 Å². The van der Waals surface area contributed by atoms with Crippen molar-refractivity contribution in [2.75, 3.05) is 0 Å². The fraction of sp³-hybridized carbons (Fsp3) is 0. The van der Waals surface area contributed by atoms with E-state index in [1.54, 1.807) is 0 Å². The molecule has 11 heavy (non-hydrogen) atoms. The van der Waals surface area contributed by atoms with Gasteiger partial charge in [-0.15, -0.1) is 0 Å². The molecule has 0 aliphatic carbocycles. The van der Waals surface area contributed by atoms with Gasteiger partial charge >= 0.3 is 0 Å². The van der Waals surface area contributed by atoms with Crippen molar-refractivity contribution in [3.05, 3.63) is 12.3 Å². The molecule has 0 aromatic heterocycles. The Labute approximate surface area is 62.4 Å². The molecule has 0 fully saturated rings. The first-order valence-corrected chi connectivity index (χ1v) is 2.60. The molecule has 0 aliphatic heterocycles. The highest BCUT2D eigenvalue weighted by Gasteiger charge is 1.90. The Morgan fingerprint density at radius 1 is 1.55 bits per heavy atom. The third kappa shape index (κ3) is 6.03. The smallest absolute Gasteiger partial charge is 0.269 e. The summed E-state index contributed by atoms with van der Waals surface area (Å²) < 4.78 is 0. The summed E-state index contributed by atoms with van der Waals surface area (Å²) in [6, 6.07) is 0. The number of hydrogen-bond donors (Lipinski definition) is 3. The van der Waals surface area contributed by atoms with Gasteiger partial charge in [0.2, 0.25) is 5.91 Å². The van der Waals surface area contributed by atoms with Crippen LogP contribution in [0.25, 0.3) is 0 Å². The molecule has 0 saturated carbocycles. The molecule has 0 aromatic rings. The Kier molecular flexibility index (Phi) is 4.14. The summed E-state index contributed by atoms with van der Waals surface area (Å²) in [5.41, 5.74) is 4.69.